The smallest absolute Gasteiger partial charge is 0.340 e. The summed E-state index contributed by atoms with van der Waals surface area (Å²) in [4.78, 5) is 11.6. The monoisotopic (exact) mass is 321 g/mol. The topological polar surface area (TPSA) is 58.6 Å². The second kappa shape index (κ2) is 6.23. The summed E-state index contributed by atoms with van der Waals surface area (Å²) in [6, 6.07) is 3.02. The van der Waals surface area contributed by atoms with E-state index in [0.29, 0.717) is 20.7 Å². The van der Waals surface area contributed by atoms with Crippen molar-refractivity contribution in [3.63, 3.8) is 0 Å². The number of nitrogens with one attached hydrogen (secondary N) is 1. The lowest BCUT2D eigenvalue weighted by Gasteiger charge is -2.16. The Hall–Kier alpha value is -0.780. The predicted octanol–water partition coefficient (Wildman–Crippen LogP) is 2.68. The number of aliphatic hydroxyl groups is 1. The number of ether oxygens (including phenoxy) is 1. The zero-order valence-corrected chi connectivity index (χ0v) is 11.8. The molecule has 1 aromatic rings. The van der Waals surface area contributed by atoms with Crippen LogP contribution in [-0.2, 0) is 4.74 Å². The van der Waals surface area contributed by atoms with E-state index in [1.54, 1.807) is 13.0 Å². The maximum absolute atomic E-state index is 11.6. The Kier molecular flexibility index (Phi) is 5.24. The molecular weight excluding hydrogens is 309 g/mol. The normalized spacial score (nSPS) is 12.1. The molecule has 0 saturated carbocycles. The fourth-order valence-electron chi connectivity index (χ4n) is 1.26. The number of hydrogen-bond donors (Lipinski definition) is 2. The van der Waals surface area contributed by atoms with Crippen LogP contribution in [0.3, 0.4) is 0 Å². The van der Waals surface area contributed by atoms with Crippen LogP contribution in [0.2, 0.25) is 5.02 Å². The number of aliphatic hydroxyl groups excluding tert-OH is 1. The Morgan fingerprint density at radius 1 is 1.65 bits per heavy atom. The molecule has 94 valence electrons. The van der Waals surface area contributed by atoms with Crippen molar-refractivity contribution in [2.45, 2.75) is 13.0 Å². The van der Waals surface area contributed by atoms with Gasteiger partial charge in [-0.15, -0.1) is 0 Å². The minimum atomic E-state index is -0.480. The van der Waals surface area contributed by atoms with E-state index in [2.05, 4.69) is 26.0 Å². The van der Waals surface area contributed by atoms with Crippen molar-refractivity contribution < 1.29 is 14.6 Å². The van der Waals surface area contributed by atoms with Crippen molar-refractivity contribution in [3.8, 4) is 0 Å². The van der Waals surface area contributed by atoms with Crippen molar-refractivity contribution >= 4 is 39.2 Å². The molecule has 17 heavy (non-hydrogen) atoms. The highest BCUT2D eigenvalue weighted by Gasteiger charge is 2.16. The predicted molar refractivity (Wildman–Crippen MR) is 70.7 cm³/mol. The number of methoxy groups -OCH3 is 1. The minimum absolute atomic E-state index is 0.0408. The molecule has 4 nitrogen and oxygen atoms in total. The van der Waals surface area contributed by atoms with E-state index >= 15 is 0 Å². The van der Waals surface area contributed by atoms with Gasteiger partial charge >= 0.3 is 5.97 Å². The second-order valence-electron chi connectivity index (χ2n) is 3.53. The third-order valence-electron chi connectivity index (χ3n) is 2.14. The number of carbonyl (C=O) groups excluding carboxylic acids is 1. The van der Waals surface area contributed by atoms with E-state index < -0.39 is 5.97 Å². The molecule has 6 heteroatoms. The molecule has 0 saturated heterocycles. The van der Waals surface area contributed by atoms with Crippen LogP contribution in [0.4, 0.5) is 5.69 Å². The average Bonchev–Trinajstić information content (AvgIpc) is 2.32. The molecule has 0 aromatic heterocycles. The van der Waals surface area contributed by atoms with Crippen molar-refractivity contribution in [2.75, 3.05) is 19.0 Å². The maximum Gasteiger partial charge on any atom is 0.340 e. The van der Waals surface area contributed by atoms with Gasteiger partial charge in [-0.3, -0.25) is 0 Å². The first-order chi connectivity index (χ1) is 7.99. The first kappa shape index (κ1) is 14.3. The molecule has 1 atom stereocenters. The minimum Gasteiger partial charge on any atom is -0.465 e. The van der Waals surface area contributed by atoms with Crippen molar-refractivity contribution in [1.82, 2.24) is 0 Å². The van der Waals surface area contributed by atoms with Crippen LogP contribution in [0.15, 0.2) is 16.6 Å². The average molecular weight is 323 g/mol. The van der Waals surface area contributed by atoms with Gasteiger partial charge in [0.1, 0.15) is 0 Å². The number of hydrogen-bond acceptors (Lipinski definition) is 4. The molecule has 0 fully saturated rings. The summed E-state index contributed by atoms with van der Waals surface area (Å²) in [5, 5.41) is 12.4. The van der Waals surface area contributed by atoms with E-state index in [1.807, 2.05) is 0 Å². The Morgan fingerprint density at radius 3 is 2.82 bits per heavy atom. The van der Waals surface area contributed by atoms with Crippen LogP contribution in [0, 0.1) is 0 Å². The third kappa shape index (κ3) is 3.59. The van der Waals surface area contributed by atoms with Crippen molar-refractivity contribution in [3.05, 3.63) is 27.2 Å². The van der Waals surface area contributed by atoms with Gasteiger partial charge in [0, 0.05) is 10.5 Å². The first-order valence-corrected chi connectivity index (χ1v) is 6.11. The maximum atomic E-state index is 11.6. The van der Waals surface area contributed by atoms with Crippen molar-refractivity contribution in [1.29, 1.82) is 0 Å². The van der Waals surface area contributed by atoms with Gasteiger partial charge in [0.25, 0.3) is 0 Å². The summed E-state index contributed by atoms with van der Waals surface area (Å²) < 4.78 is 5.34. The fourth-order valence-corrected chi connectivity index (χ4v) is 1.76. The molecule has 0 amide bonds. The van der Waals surface area contributed by atoms with Crippen LogP contribution in [0.1, 0.15) is 17.3 Å². The molecule has 0 aliphatic rings. The van der Waals surface area contributed by atoms with Gasteiger partial charge in [-0.05, 0) is 35.0 Å². The molecule has 0 bridgehead atoms. The van der Waals surface area contributed by atoms with Crippen LogP contribution >= 0.6 is 27.5 Å². The molecule has 0 heterocycles. The van der Waals surface area contributed by atoms with E-state index in [0.717, 1.165) is 0 Å². The lowest BCUT2D eigenvalue weighted by Crippen LogP contribution is -2.21. The van der Waals surface area contributed by atoms with Crippen molar-refractivity contribution in [2.24, 2.45) is 0 Å². The Balaban J connectivity index is 3.16. The van der Waals surface area contributed by atoms with Crippen LogP contribution in [0.25, 0.3) is 0 Å². The van der Waals surface area contributed by atoms with E-state index in [4.69, 9.17) is 16.7 Å². The summed E-state index contributed by atoms with van der Waals surface area (Å²) in [7, 11) is 1.30. The molecule has 0 radical (unpaired) electrons. The molecule has 0 spiro atoms. The summed E-state index contributed by atoms with van der Waals surface area (Å²) in [5.74, 6) is -0.480. The number of rotatable bonds is 4. The zero-order chi connectivity index (χ0) is 13.0. The Bertz CT molecular complexity index is 425. The molecule has 0 aliphatic carbocycles. The second-order valence-corrected chi connectivity index (χ2v) is 4.79. The van der Waals surface area contributed by atoms with E-state index in [1.165, 1.54) is 13.2 Å². The van der Waals surface area contributed by atoms with Gasteiger partial charge < -0.3 is 15.2 Å². The molecule has 0 unspecified atom stereocenters. The number of carbonyl (C=O) groups is 1. The molecular formula is C11H13BrClNO3. The molecule has 2 N–H and O–H groups in total. The van der Waals surface area contributed by atoms with Crippen LogP contribution < -0.4 is 5.32 Å². The number of halogens is 2. The highest BCUT2D eigenvalue weighted by atomic mass is 79.9. The summed E-state index contributed by atoms with van der Waals surface area (Å²) in [5.41, 5.74) is 0.899. The quantitative estimate of drug-likeness (QED) is 0.837. The molecule has 1 rings (SSSR count). The van der Waals surface area contributed by atoms with Gasteiger partial charge in [0.15, 0.2) is 0 Å². The van der Waals surface area contributed by atoms with E-state index in [-0.39, 0.29) is 12.6 Å². The van der Waals surface area contributed by atoms with Gasteiger partial charge in [-0.1, -0.05) is 11.6 Å². The van der Waals surface area contributed by atoms with E-state index in [9.17, 15) is 4.79 Å². The number of benzene rings is 1. The summed E-state index contributed by atoms with van der Waals surface area (Å²) >= 11 is 9.20. The van der Waals surface area contributed by atoms with Crippen LogP contribution in [0.5, 0.6) is 0 Å². The zero-order valence-electron chi connectivity index (χ0n) is 9.46. The highest BCUT2D eigenvalue weighted by molar-refractivity contribution is 9.10. The summed E-state index contributed by atoms with van der Waals surface area (Å²) in [6.45, 7) is 1.75. The third-order valence-corrected chi connectivity index (χ3v) is 3.34. The van der Waals surface area contributed by atoms with Gasteiger partial charge in [-0.25, -0.2) is 4.79 Å². The number of anilines is 1. The lowest BCUT2D eigenvalue weighted by molar-refractivity contribution is 0.0601. The largest absolute Gasteiger partial charge is 0.465 e. The van der Waals surface area contributed by atoms with Gasteiger partial charge in [-0.2, -0.15) is 0 Å². The lowest BCUT2D eigenvalue weighted by atomic mass is 10.1. The Labute approximate surface area is 113 Å². The number of esters is 1. The SMILES string of the molecule is COC(=O)c1cc(Cl)c(Br)cc1N[C@H](C)CO. The van der Waals surface area contributed by atoms with Crippen LogP contribution in [-0.4, -0.2) is 30.8 Å². The first-order valence-electron chi connectivity index (χ1n) is 4.94. The highest BCUT2D eigenvalue weighted by Crippen LogP contribution is 2.30. The van der Waals surface area contributed by atoms with Gasteiger partial charge in [0.05, 0.1) is 30.0 Å². The standard InChI is InChI=1S/C11H13BrClNO3/c1-6(5-15)14-10-4-8(12)9(13)3-7(10)11(16)17-2/h3-4,6,14-15H,5H2,1-2H3/t6-/m1/s1. The van der Waals surface area contributed by atoms with Gasteiger partial charge in [0.2, 0.25) is 0 Å². The Morgan fingerprint density at radius 2 is 2.29 bits per heavy atom. The molecule has 0 aliphatic heterocycles. The fraction of sp³-hybridized carbons (Fsp3) is 0.364. The molecule has 1 aromatic carbocycles. The summed E-state index contributed by atoms with van der Waals surface area (Å²) in [6.07, 6.45) is 0.